The zero-order chi connectivity index (χ0) is 13.9. The summed E-state index contributed by atoms with van der Waals surface area (Å²) in [6.45, 7) is 7.42. The maximum absolute atomic E-state index is 11.7. The molecule has 0 bridgehead atoms. The van der Waals surface area contributed by atoms with E-state index in [-0.39, 0.29) is 12.1 Å². The molecule has 1 aliphatic rings. The first-order valence-electron chi connectivity index (χ1n) is 6.73. The van der Waals surface area contributed by atoms with E-state index in [1.807, 2.05) is 39.0 Å². The highest BCUT2D eigenvalue weighted by Crippen LogP contribution is 2.20. The molecule has 0 aromatic heterocycles. The third kappa shape index (κ3) is 4.16. The molecule has 1 aromatic rings. The van der Waals surface area contributed by atoms with E-state index >= 15 is 0 Å². The van der Waals surface area contributed by atoms with Crippen molar-refractivity contribution in [2.75, 3.05) is 18.0 Å². The highest BCUT2D eigenvalue weighted by molar-refractivity contribution is 5.68. The van der Waals surface area contributed by atoms with E-state index in [4.69, 9.17) is 4.74 Å². The van der Waals surface area contributed by atoms with Gasteiger partial charge in [-0.1, -0.05) is 18.2 Å². The average Bonchev–Trinajstić information content (AvgIpc) is 2.76. The summed E-state index contributed by atoms with van der Waals surface area (Å²) < 4.78 is 5.27. The summed E-state index contributed by atoms with van der Waals surface area (Å²) in [5, 5.41) is 2.93. The van der Waals surface area contributed by atoms with E-state index in [1.54, 1.807) is 0 Å². The van der Waals surface area contributed by atoms with Gasteiger partial charge in [0.1, 0.15) is 5.60 Å². The van der Waals surface area contributed by atoms with Gasteiger partial charge in [0.05, 0.1) is 6.04 Å². The van der Waals surface area contributed by atoms with Gasteiger partial charge < -0.3 is 15.0 Å². The van der Waals surface area contributed by atoms with Crippen LogP contribution in [-0.2, 0) is 4.74 Å². The molecule has 0 unspecified atom stereocenters. The summed E-state index contributed by atoms with van der Waals surface area (Å²) in [6, 6.07) is 10.4. The van der Waals surface area contributed by atoms with Gasteiger partial charge in [-0.2, -0.15) is 0 Å². The van der Waals surface area contributed by atoms with Crippen molar-refractivity contribution in [2.24, 2.45) is 0 Å². The second-order valence-electron chi connectivity index (χ2n) is 5.91. The number of alkyl carbamates (subject to hydrolysis) is 1. The Bertz CT molecular complexity index is 426. The summed E-state index contributed by atoms with van der Waals surface area (Å²) in [5.74, 6) is 0. The molecular weight excluding hydrogens is 240 g/mol. The van der Waals surface area contributed by atoms with Gasteiger partial charge in [-0.15, -0.1) is 0 Å². The Morgan fingerprint density at radius 1 is 1.32 bits per heavy atom. The van der Waals surface area contributed by atoms with Gasteiger partial charge in [0.15, 0.2) is 0 Å². The van der Waals surface area contributed by atoms with Gasteiger partial charge in [-0.3, -0.25) is 0 Å². The minimum absolute atomic E-state index is 0.162. The molecule has 0 aliphatic carbocycles. The second kappa shape index (κ2) is 5.51. The zero-order valence-electron chi connectivity index (χ0n) is 11.8. The molecule has 0 radical (unpaired) electrons. The number of para-hydroxylation sites is 1. The molecule has 1 N–H and O–H groups in total. The molecule has 1 fully saturated rings. The largest absolute Gasteiger partial charge is 0.444 e. The highest BCUT2D eigenvalue weighted by Gasteiger charge is 2.26. The molecule has 104 valence electrons. The zero-order valence-corrected chi connectivity index (χ0v) is 11.8. The third-order valence-corrected chi connectivity index (χ3v) is 3.03. The number of hydrogen-bond acceptors (Lipinski definition) is 3. The fourth-order valence-corrected chi connectivity index (χ4v) is 2.23. The molecule has 1 amide bonds. The van der Waals surface area contributed by atoms with Crippen molar-refractivity contribution in [1.82, 2.24) is 5.32 Å². The Labute approximate surface area is 114 Å². The monoisotopic (exact) mass is 262 g/mol. The van der Waals surface area contributed by atoms with Crippen LogP contribution in [0.3, 0.4) is 0 Å². The van der Waals surface area contributed by atoms with Crippen LogP contribution >= 0.6 is 0 Å². The number of benzene rings is 1. The van der Waals surface area contributed by atoms with E-state index < -0.39 is 5.60 Å². The second-order valence-corrected chi connectivity index (χ2v) is 5.91. The first-order chi connectivity index (χ1) is 8.94. The standard InChI is InChI=1S/C15H22N2O2/c1-15(2,3)19-14(18)16-12-9-10-17(11-12)13-7-5-4-6-8-13/h4-8,12H,9-11H2,1-3H3,(H,16,18)/t12-/m1/s1. The summed E-state index contributed by atoms with van der Waals surface area (Å²) in [5.41, 5.74) is 0.762. The first kappa shape index (κ1) is 13.7. The number of amides is 1. The summed E-state index contributed by atoms with van der Waals surface area (Å²) in [6.07, 6.45) is 0.626. The van der Waals surface area contributed by atoms with Crippen LogP contribution in [0.4, 0.5) is 10.5 Å². The van der Waals surface area contributed by atoms with Crippen molar-refractivity contribution in [3.8, 4) is 0 Å². The molecule has 1 aromatic carbocycles. The van der Waals surface area contributed by atoms with Crippen LogP contribution in [0, 0.1) is 0 Å². The predicted molar refractivity (Wildman–Crippen MR) is 76.4 cm³/mol. The van der Waals surface area contributed by atoms with Gasteiger partial charge in [0, 0.05) is 18.8 Å². The fraction of sp³-hybridized carbons (Fsp3) is 0.533. The number of carbonyl (C=O) groups excluding carboxylic acids is 1. The van der Waals surface area contributed by atoms with Crippen LogP contribution in [-0.4, -0.2) is 30.8 Å². The Morgan fingerprint density at radius 3 is 2.63 bits per heavy atom. The van der Waals surface area contributed by atoms with Crippen LogP contribution in [0.25, 0.3) is 0 Å². The molecule has 0 spiro atoms. The highest BCUT2D eigenvalue weighted by atomic mass is 16.6. The van der Waals surface area contributed by atoms with Crippen molar-refractivity contribution < 1.29 is 9.53 Å². The molecule has 4 nitrogen and oxygen atoms in total. The van der Waals surface area contributed by atoms with Crippen LogP contribution in [0.2, 0.25) is 0 Å². The van der Waals surface area contributed by atoms with Gasteiger partial charge >= 0.3 is 6.09 Å². The van der Waals surface area contributed by atoms with Crippen LogP contribution in [0.5, 0.6) is 0 Å². The molecule has 0 saturated carbocycles. The lowest BCUT2D eigenvalue weighted by Crippen LogP contribution is -2.40. The summed E-state index contributed by atoms with van der Waals surface area (Å²) in [7, 11) is 0. The molecule has 1 heterocycles. The Kier molecular flexibility index (Phi) is 3.98. The number of anilines is 1. The van der Waals surface area contributed by atoms with Crippen LogP contribution in [0.1, 0.15) is 27.2 Å². The SMILES string of the molecule is CC(C)(C)OC(=O)N[C@@H]1CCN(c2ccccc2)C1. The number of hydrogen-bond donors (Lipinski definition) is 1. The van der Waals surface area contributed by atoms with Crippen molar-refractivity contribution in [3.63, 3.8) is 0 Å². The van der Waals surface area contributed by atoms with Gasteiger partial charge in [0.2, 0.25) is 0 Å². The number of nitrogens with one attached hydrogen (secondary N) is 1. The molecule has 19 heavy (non-hydrogen) atoms. The maximum Gasteiger partial charge on any atom is 0.407 e. The van der Waals surface area contributed by atoms with E-state index in [1.165, 1.54) is 5.69 Å². The minimum atomic E-state index is -0.443. The molecule has 2 rings (SSSR count). The van der Waals surface area contributed by atoms with Gasteiger partial charge in [-0.25, -0.2) is 4.79 Å². The Balaban J connectivity index is 1.84. The lowest BCUT2D eigenvalue weighted by Gasteiger charge is -2.22. The Morgan fingerprint density at radius 2 is 2.00 bits per heavy atom. The van der Waals surface area contributed by atoms with Crippen molar-refractivity contribution in [3.05, 3.63) is 30.3 Å². The molecule has 1 saturated heterocycles. The van der Waals surface area contributed by atoms with Crippen molar-refractivity contribution in [2.45, 2.75) is 38.8 Å². The van der Waals surface area contributed by atoms with E-state index in [0.717, 1.165) is 19.5 Å². The van der Waals surface area contributed by atoms with Crippen molar-refractivity contribution >= 4 is 11.8 Å². The van der Waals surface area contributed by atoms with E-state index in [9.17, 15) is 4.79 Å². The molecular formula is C15H22N2O2. The summed E-state index contributed by atoms with van der Waals surface area (Å²) in [4.78, 5) is 14.0. The van der Waals surface area contributed by atoms with Gasteiger partial charge in [-0.05, 0) is 39.3 Å². The first-order valence-corrected chi connectivity index (χ1v) is 6.73. The van der Waals surface area contributed by atoms with Crippen LogP contribution in [0.15, 0.2) is 30.3 Å². The maximum atomic E-state index is 11.7. The third-order valence-electron chi connectivity index (χ3n) is 3.03. The number of carbonyl (C=O) groups is 1. The topological polar surface area (TPSA) is 41.6 Å². The molecule has 4 heteroatoms. The lowest BCUT2D eigenvalue weighted by molar-refractivity contribution is 0.0509. The minimum Gasteiger partial charge on any atom is -0.444 e. The molecule has 1 aliphatic heterocycles. The van der Waals surface area contributed by atoms with Gasteiger partial charge in [0.25, 0.3) is 0 Å². The van der Waals surface area contributed by atoms with E-state index in [0.29, 0.717) is 0 Å². The number of ether oxygens (including phenoxy) is 1. The quantitative estimate of drug-likeness (QED) is 0.891. The number of nitrogens with zero attached hydrogens (tertiary/aromatic N) is 1. The average molecular weight is 262 g/mol. The Hall–Kier alpha value is -1.71. The molecule has 1 atom stereocenters. The summed E-state index contributed by atoms with van der Waals surface area (Å²) >= 11 is 0. The fourth-order valence-electron chi connectivity index (χ4n) is 2.23. The smallest absolute Gasteiger partial charge is 0.407 e. The van der Waals surface area contributed by atoms with E-state index in [2.05, 4.69) is 22.3 Å². The lowest BCUT2D eigenvalue weighted by atomic mass is 10.2. The number of rotatable bonds is 2. The van der Waals surface area contributed by atoms with Crippen molar-refractivity contribution in [1.29, 1.82) is 0 Å². The normalized spacial score (nSPS) is 19.3. The van der Waals surface area contributed by atoms with Crippen LogP contribution < -0.4 is 10.2 Å². The predicted octanol–water partition coefficient (Wildman–Crippen LogP) is 2.79.